The van der Waals surface area contributed by atoms with Crippen molar-refractivity contribution in [1.82, 2.24) is 9.97 Å². The minimum absolute atomic E-state index is 0.00487. The Morgan fingerprint density at radius 2 is 1.89 bits per heavy atom. The Morgan fingerprint density at radius 3 is 2.51 bits per heavy atom. The molecule has 0 spiro atoms. The van der Waals surface area contributed by atoms with E-state index in [1.807, 2.05) is 36.4 Å². The van der Waals surface area contributed by atoms with E-state index in [0.29, 0.717) is 35.1 Å². The number of halogens is 1. The second kappa shape index (κ2) is 10.5. The van der Waals surface area contributed by atoms with Crippen LogP contribution in [0.5, 0.6) is 5.75 Å². The topological polar surface area (TPSA) is 117 Å². The standard InChI is InChI=1S/C26H28ClN5O4S/c1-26(2,19-11-17(13-28)24(23(27)12-19)32-14-22(15-32)35-3)18-5-7-21(8-6-18)36-16-20-9-10-29-25(30-20)31-37(4,33)34/h5-12,22H,14-16H2,1-4H3,(H,29,30,31). The van der Waals surface area contributed by atoms with E-state index in [-0.39, 0.29) is 18.7 Å². The van der Waals surface area contributed by atoms with Crippen LogP contribution in [0.2, 0.25) is 5.02 Å². The van der Waals surface area contributed by atoms with Crippen molar-refractivity contribution >= 4 is 33.3 Å². The number of rotatable bonds is 9. The molecule has 0 unspecified atom stereocenters. The molecule has 1 aromatic heterocycles. The number of ether oxygens (including phenoxy) is 2. The minimum Gasteiger partial charge on any atom is -0.487 e. The van der Waals surface area contributed by atoms with E-state index in [0.717, 1.165) is 23.1 Å². The van der Waals surface area contributed by atoms with Crippen LogP contribution in [0.25, 0.3) is 0 Å². The molecule has 0 atom stereocenters. The Bertz CT molecular complexity index is 1430. The highest BCUT2D eigenvalue weighted by molar-refractivity contribution is 7.91. The molecule has 1 saturated heterocycles. The van der Waals surface area contributed by atoms with Crippen LogP contribution in [0.3, 0.4) is 0 Å². The van der Waals surface area contributed by atoms with Gasteiger partial charge in [0.15, 0.2) is 0 Å². The number of benzene rings is 2. The Hall–Kier alpha value is -3.39. The van der Waals surface area contributed by atoms with Crippen molar-refractivity contribution in [2.24, 2.45) is 0 Å². The highest BCUT2D eigenvalue weighted by Gasteiger charge is 2.32. The third-order valence-corrected chi connectivity index (χ3v) is 7.20. The van der Waals surface area contributed by atoms with Gasteiger partial charge in [-0.1, -0.05) is 37.6 Å². The van der Waals surface area contributed by atoms with Gasteiger partial charge in [-0.05, 0) is 41.5 Å². The average Bonchev–Trinajstić information content (AvgIpc) is 2.82. The van der Waals surface area contributed by atoms with Crippen molar-refractivity contribution in [3.05, 3.63) is 76.1 Å². The van der Waals surface area contributed by atoms with Gasteiger partial charge < -0.3 is 14.4 Å². The van der Waals surface area contributed by atoms with Gasteiger partial charge >= 0.3 is 0 Å². The molecular weight excluding hydrogens is 514 g/mol. The van der Waals surface area contributed by atoms with Crippen LogP contribution < -0.4 is 14.4 Å². The summed E-state index contributed by atoms with van der Waals surface area (Å²) in [6, 6.07) is 15.5. The molecule has 0 radical (unpaired) electrons. The molecule has 2 aromatic carbocycles. The van der Waals surface area contributed by atoms with Crippen LogP contribution in [0, 0.1) is 11.3 Å². The molecule has 3 aromatic rings. The van der Waals surface area contributed by atoms with E-state index >= 15 is 0 Å². The average molecular weight is 542 g/mol. The van der Waals surface area contributed by atoms with Gasteiger partial charge in [0.1, 0.15) is 18.4 Å². The zero-order valence-electron chi connectivity index (χ0n) is 21.0. The first-order valence-electron chi connectivity index (χ1n) is 11.5. The summed E-state index contributed by atoms with van der Waals surface area (Å²) in [6.45, 7) is 5.72. The highest BCUT2D eigenvalue weighted by Crippen LogP contribution is 2.40. The van der Waals surface area contributed by atoms with Crippen LogP contribution >= 0.6 is 11.6 Å². The van der Waals surface area contributed by atoms with Gasteiger partial charge in [0, 0.05) is 31.8 Å². The maximum Gasteiger partial charge on any atom is 0.236 e. The van der Waals surface area contributed by atoms with Crippen LogP contribution in [-0.4, -0.2) is 50.9 Å². The molecule has 37 heavy (non-hydrogen) atoms. The third kappa shape index (κ3) is 6.13. The SMILES string of the molecule is COC1CN(c2c(Cl)cc(C(C)(C)c3ccc(OCc4ccnc(NS(C)(=O)=O)n4)cc3)cc2C#N)C1. The lowest BCUT2D eigenvalue weighted by atomic mass is 9.77. The van der Waals surface area contributed by atoms with Gasteiger partial charge in [-0.3, -0.25) is 4.72 Å². The number of anilines is 2. The maximum atomic E-state index is 11.4. The van der Waals surface area contributed by atoms with Crippen LogP contribution in [-0.2, 0) is 26.8 Å². The first-order chi connectivity index (χ1) is 17.5. The highest BCUT2D eigenvalue weighted by atomic mass is 35.5. The lowest BCUT2D eigenvalue weighted by Gasteiger charge is -2.41. The smallest absolute Gasteiger partial charge is 0.236 e. The Balaban J connectivity index is 1.48. The van der Waals surface area contributed by atoms with Gasteiger partial charge in [-0.25, -0.2) is 18.4 Å². The van der Waals surface area contributed by atoms with Crippen LogP contribution in [0.4, 0.5) is 11.6 Å². The quantitative estimate of drug-likeness (QED) is 0.430. The summed E-state index contributed by atoms with van der Waals surface area (Å²) < 4.78 is 36.2. The number of sulfonamides is 1. The van der Waals surface area contributed by atoms with Crippen molar-refractivity contribution in [2.75, 3.05) is 36.1 Å². The van der Waals surface area contributed by atoms with E-state index in [2.05, 4.69) is 39.5 Å². The van der Waals surface area contributed by atoms with Gasteiger partial charge in [0.25, 0.3) is 0 Å². The van der Waals surface area contributed by atoms with Crippen molar-refractivity contribution in [2.45, 2.75) is 32.0 Å². The molecule has 0 saturated carbocycles. The summed E-state index contributed by atoms with van der Waals surface area (Å²) >= 11 is 6.67. The molecule has 194 valence electrons. The number of methoxy groups -OCH3 is 1. The molecule has 2 heterocycles. The summed E-state index contributed by atoms with van der Waals surface area (Å²) in [5.74, 6) is 0.627. The van der Waals surface area contributed by atoms with Crippen LogP contribution in [0.1, 0.15) is 36.2 Å². The van der Waals surface area contributed by atoms with E-state index in [9.17, 15) is 13.7 Å². The monoisotopic (exact) mass is 541 g/mol. The van der Waals surface area contributed by atoms with Gasteiger partial charge in [0.2, 0.25) is 16.0 Å². The second-order valence-corrected chi connectivity index (χ2v) is 11.6. The molecule has 1 fully saturated rings. The van der Waals surface area contributed by atoms with Crippen molar-refractivity contribution in [1.29, 1.82) is 5.26 Å². The molecule has 11 heteroatoms. The fraction of sp³-hybridized carbons (Fsp3) is 0.346. The minimum atomic E-state index is -3.47. The zero-order chi connectivity index (χ0) is 26.8. The third-order valence-electron chi connectivity index (χ3n) is 6.36. The Morgan fingerprint density at radius 1 is 1.19 bits per heavy atom. The Kier molecular flexibility index (Phi) is 7.59. The van der Waals surface area contributed by atoms with E-state index < -0.39 is 15.4 Å². The van der Waals surface area contributed by atoms with E-state index in [1.165, 1.54) is 6.20 Å². The maximum absolute atomic E-state index is 11.4. The fourth-order valence-electron chi connectivity index (χ4n) is 4.12. The molecule has 0 aliphatic carbocycles. The summed E-state index contributed by atoms with van der Waals surface area (Å²) in [4.78, 5) is 10.1. The lowest BCUT2D eigenvalue weighted by molar-refractivity contribution is 0.0787. The predicted molar refractivity (Wildman–Crippen MR) is 143 cm³/mol. The molecule has 0 amide bonds. The molecular formula is C26H28ClN5O4S. The van der Waals surface area contributed by atoms with Crippen molar-refractivity contribution in [3.8, 4) is 11.8 Å². The summed E-state index contributed by atoms with van der Waals surface area (Å²) in [6.07, 6.45) is 2.66. The first-order valence-corrected chi connectivity index (χ1v) is 13.8. The molecule has 4 rings (SSSR count). The number of aromatic nitrogens is 2. The van der Waals surface area contributed by atoms with Gasteiger partial charge in [-0.15, -0.1) is 0 Å². The molecule has 1 aliphatic heterocycles. The first kappa shape index (κ1) is 26.7. The number of nitriles is 1. The summed E-state index contributed by atoms with van der Waals surface area (Å²) in [5, 5.41) is 10.4. The fourth-order valence-corrected chi connectivity index (χ4v) is 4.89. The normalized spacial score (nSPS) is 14.1. The van der Waals surface area contributed by atoms with Crippen molar-refractivity contribution < 1.29 is 17.9 Å². The van der Waals surface area contributed by atoms with Gasteiger partial charge in [-0.2, -0.15) is 5.26 Å². The molecule has 9 nitrogen and oxygen atoms in total. The number of nitrogens with zero attached hydrogens (tertiary/aromatic N) is 4. The van der Waals surface area contributed by atoms with E-state index in [1.54, 1.807) is 13.2 Å². The number of nitrogens with one attached hydrogen (secondary N) is 1. The van der Waals surface area contributed by atoms with E-state index in [4.69, 9.17) is 21.1 Å². The van der Waals surface area contributed by atoms with Crippen molar-refractivity contribution in [3.63, 3.8) is 0 Å². The summed E-state index contributed by atoms with van der Waals surface area (Å²) in [5.41, 5.74) is 3.36. The summed E-state index contributed by atoms with van der Waals surface area (Å²) in [7, 11) is -1.79. The second-order valence-electron chi connectivity index (χ2n) is 9.41. The molecule has 1 aliphatic rings. The molecule has 1 N–H and O–H groups in total. The largest absolute Gasteiger partial charge is 0.487 e. The number of hydrogen-bond donors (Lipinski definition) is 1. The zero-order valence-corrected chi connectivity index (χ0v) is 22.6. The predicted octanol–water partition coefficient (Wildman–Crippen LogP) is 4.11. The number of hydrogen-bond acceptors (Lipinski definition) is 8. The van der Waals surface area contributed by atoms with Gasteiger partial charge in [0.05, 0.1) is 34.3 Å². The molecule has 0 bridgehead atoms. The Labute approximate surface area is 222 Å². The van der Waals surface area contributed by atoms with Crippen LogP contribution in [0.15, 0.2) is 48.7 Å². The lowest BCUT2D eigenvalue weighted by Crippen LogP contribution is -2.52.